The van der Waals surface area contributed by atoms with Gasteiger partial charge in [0.15, 0.2) is 0 Å². The Labute approximate surface area is 147 Å². The minimum absolute atomic E-state index is 0.0333. The van der Waals surface area contributed by atoms with Crippen molar-refractivity contribution in [3.05, 3.63) is 76.3 Å². The smallest absolute Gasteiger partial charge is 0.261 e. The van der Waals surface area contributed by atoms with Gasteiger partial charge in [0.1, 0.15) is 5.82 Å². The number of aliphatic hydroxyl groups excluding tert-OH is 1. The topological polar surface area (TPSA) is 67.2 Å². The van der Waals surface area contributed by atoms with Crippen LogP contribution in [0.15, 0.2) is 59.4 Å². The molecule has 0 radical (unpaired) electrons. The predicted molar refractivity (Wildman–Crippen MR) is 99.3 cm³/mol. The standard InChI is InChI=1S/C20H23N3O2/c1-23-19(22-18-11-6-5-10-16(18)20(23)25)14-21-17(12-7-13-24)15-8-3-2-4-9-15/h2-6,8-11,17,21,24H,7,12-14H2,1H3. The molecule has 0 aliphatic carbocycles. The average molecular weight is 337 g/mol. The first-order chi connectivity index (χ1) is 12.2. The Morgan fingerprint density at radius 1 is 1.12 bits per heavy atom. The average Bonchev–Trinajstić information content (AvgIpc) is 2.66. The fraction of sp³-hybridized carbons (Fsp3) is 0.300. The molecule has 0 spiro atoms. The van der Waals surface area contributed by atoms with Crippen LogP contribution in [0.4, 0.5) is 0 Å². The van der Waals surface area contributed by atoms with E-state index in [-0.39, 0.29) is 18.2 Å². The zero-order valence-corrected chi connectivity index (χ0v) is 14.4. The number of hydrogen-bond donors (Lipinski definition) is 2. The van der Waals surface area contributed by atoms with Gasteiger partial charge in [0, 0.05) is 19.7 Å². The van der Waals surface area contributed by atoms with Gasteiger partial charge in [0.2, 0.25) is 0 Å². The lowest BCUT2D eigenvalue weighted by atomic mass is 10.0. The molecule has 0 fully saturated rings. The summed E-state index contributed by atoms with van der Waals surface area (Å²) in [5.41, 5.74) is 1.85. The Hall–Kier alpha value is -2.50. The van der Waals surface area contributed by atoms with Crippen LogP contribution in [-0.2, 0) is 13.6 Å². The minimum atomic E-state index is -0.0333. The second-order valence-corrected chi connectivity index (χ2v) is 6.12. The predicted octanol–water partition coefficient (Wildman–Crippen LogP) is 2.54. The molecule has 2 N–H and O–H groups in total. The van der Waals surface area contributed by atoms with Crippen LogP contribution in [0.3, 0.4) is 0 Å². The maximum Gasteiger partial charge on any atom is 0.261 e. The highest BCUT2D eigenvalue weighted by atomic mass is 16.2. The Balaban J connectivity index is 1.84. The van der Waals surface area contributed by atoms with Gasteiger partial charge in [-0.2, -0.15) is 0 Å². The third-order valence-corrected chi connectivity index (χ3v) is 4.44. The molecule has 5 nitrogen and oxygen atoms in total. The quantitative estimate of drug-likeness (QED) is 0.695. The van der Waals surface area contributed by atoms with E-state index in [4.69, 9.17) is 5.11 Å². The normalized spacial score (nSPS) is 12.4. The first-order valence-electron chi connectivity index (χ1n) is 8.54. The van der Waals surface area contributed by atoms with Crippen molar-refractivity contribution < 1.29 is 5.11 Å². The SMILES string of the molecule is Cn1c(CNC(CCCO)c2ccccc2)nc2ccccc2c1=O. The highest BCUT2D eigenvalue weighted by Crippen LogP contribution is 2.18. The Bertz CT molecular complexity index is 890. The van der Waals surface area contributed by atoms with Crippen LogP contribution in [0.25, 0.3) is 10.9 Å². The summed E-state index contributed by atoms with van der Waals surface area (Å²) in [6.45, 7) is 0.652. The van der Waals surface area contributed by atoms with Gasteiger partial charge in [-0.15, -0.1) is 0 Å². The fourth-order valence-corrected chi connectivity index (χ4v) is 3.00. The van der Waals surface area contributed by atoms with E-state index in [2.05, 4.69) is 22.4 Å². The molecule has 0 aliphatic heterocycles. The summed E-state index contributed by atoms with van der Waals surface area (Å²) in [4.78, 5) is 17.1. The lowest BCUT2D eigenvalue weighted by Gasteiger charge is -2.19. The van der Waals surface area contributed by atoms with Crippen molar-refractivity contribution in [1.82, 2.24) is 14.9 Å². The minimum Gasteiger partial charge on any atom is -0.396 e. The molecule has 0 aliphatic rings. The maximum absolute atomic E-state index is 12.5. The second kappa shape index (κ2) is 8.05. The van der Waals surface area contributed by atoms with Crippen LogP contribution in [0.5, 0.6) is 0 Å². The molecule has 0 bridgehead atoms. The summed E-state index contributed by atoms with van der Waals surface area (Å²) in [6, 6.07) is 17.7. The number of rotatable bonds is 7. The van der Waals surface area contributed by atoms with Gasteiger partial charge < -0.3 is 10.4 Å². The molecular formula is C20H23N3O2. The van der Waals surface area contributed by atoms with E-state index < -0.39 is 0 Å². The molecule has 1 unspecified atom stereocenters. The van der Waals surface area contributed by atoms with Gasteiger partial charge in [-0.05, 0) is 30.5 Å². The third kappa shape index (κ3) is 3.95. The highest BCUT2D eigenvalue weighted by Gasteiger charge is 2.13. The summed E-state index contributed by atoms with van der Waals surface area (Å²) in [7, 11) is 1.75. The number of aromatic nitrogens is 2. The van der Waals surface area contributed by atoms with Crippen molar-refractivity contribution in [1.29, 1.82) is 0 Å². The van der Waals surface area contributed by atoms with Crippen LogP contribution in [-0.4, -0.2) is 21.3 Å². The van der Waals surface area contributed by atoms with E-state index in [0.29, 0.717) is 23.3 Å². The van der Waals surface area contributed by atoms with Crippen LogP contribution in [0.1, 0.15) is 30.3 Å². The molecule has 1 aromatic heterocycles. The molecule has 0 saturated carbocycles. The van der Waals surface area contributed by atoms with Crippen molar-refractivity contribution in [2.45, 2.75) is 25.4 Å². The first kappa shape index (κ1) is 17.3. The number of nitrogens with zero attached hydrogens (tertiary/aromatic N) is 2. The summed E-state index contributed by atoms with van der Waals surface area (Å²) in [5, 5.41) is 13.3. The molecule has 3 aromatic rings. The van der Waals surface area contributed by atoms with Crippen molar-refractivity contribution in [2.24, 2.45) is 7.05 Å². The molecule has 5 heteroatoms. The van der Waals surface area contributed by atoms with Gasteiger partial charge in [0.05, 0.1) is 17.4 Å². The number of aliphatic hydroxyl groups is 1. The molecule has 2 aromatic carbocycles. The molecule has 130 valence electrons. The van der Waals surface area contributed by atoms with E-state index >= 15 is 0 Å². The van der Waals surface area contributed by atoms with Crippen LogP contribution in [0, 0.1) is 0 Å². The van der Waals surface area contributed by atoms with Gasteiger partial charge in [-0.25, -0.2) is 4.98 Å². The van der Waals surface area contributed by atoms with Gasteiger partial charge >= 0.3 is 0 Å². The summed E-state index contributed by atoms with van der Waals surface area (Å²) < 4.78 is 1.60. The molecule has 1 heterocycles. The van der Waals surface area contributed by atoms with Crippen molar-refractivity contribution >= 4 is 10.9 Å². The molecule has 0 amide bonds. The Morgan fingerprint density at radius 3 is 2.60 bits per heavy atom. The second-order valence-electron chi connectivity index (χ2n) is 6.12. The summed E-state index contributed by atoms with van der Waals surface area (Å²) in [6.07, 6.45) is 1.54. The van der Waals surface area contributed by atoms with Crippen LogP contribution < -0.4 is 10.9 Å². The zero-order valence-electron chi connectivity index (χ0n) is 14.4. The summed E-state index contributed by atoms with van der Waals surface area (Å²) in [5.74, 6) is 0.702. The number of fused-ring (bicyclic) bond motifs is 1. The van der Waals surface area contributed by atoms with Crippen molar-refractivity contribution in [3.63, 3.8) is 0 Å². The van der Waals surface area contributed by atoms with E-state index in [1.54, 1.807) is 17.7 Å². The Morgan fingerprint density at radius 2 is 1.84 bits per heavy atom. The number of para-hydroxylation sites is 1. The fourth-order valence-electron chi connectivity index (χ4n) is 3.00. The molecule has 1 atom stereocenters. The van der Waals surface area contributed by atoms with Gasteiger partial charge in [-0.1, -0.05) is 42.5 Å². The largest absolute Gasteiger partial charge is 0.396 e. The number of hydrogen-bond acceptors (Lipinski definition) is 4. The van der Waals surface area contributed by atoms with E-state index in [1.165, 1.54) is 5.56 Å². The van der Waals surface area contributed by atoms with Crippen LogP contribution in [0.2, 0.25) is 0 Å². The lowest BCUT2D eigenvalue weighted by Crippen LogP contribution is -2.28. The maximum atomic E-state index is 12.5. The first-order valence-corrected chi connectivity index (χ1v) is 8.54. The highest BCUT2D eigenvalue weighted by molar-refractivity contribution is 5.77. The third-order valence-electron chi connectivity index (χ3n) is 4.44. The molecular weight excluding hydrogens is 314 g/mol. The molecule has 25 heavy (non-hydrogen) atoms. The van der Waals surface area contributed by atoms with Crippen LogP contribution >= 0.6 is 0 Å². The monoisotopic (exact) mass is 337 g/mol. The number of nitrogens with one attached hydrogen (secondary N) is 1. The Kier molecular flexibility index (Phi) is 5.58. The lowest BCUT2D eigenvalue weighted by molar-refractivity contribution is 0.274. The van der Waals surface area contributed by atoms with E-state index in [0.717, 1.165) is 12.8 Å². The van der Waals surface area contributed by atoms with Crippen molar-refractivity contribution in [2.75, 3.05) is 6.61 Å². The molecule has 3 rings (SSSR count). The zero-order chi connectivity index (χ0) is 17.6. The summed E-state index contributed by atoms with van der Waals surface area (Å²) >= 11 is 0. The van der Waals surface area contributed by atoms with Crippen molar-refractivity contribution in [3.8, 4) is 0 Å². The van der Waals surface area contributed by atoms with E-state index in [9.17, 15) is 4.79 Å². The van der Waals surface area contributed by atoms with E-state index in [1.807, 2.05) is 36.4 Å². The molecule has 0 saturated heterocycles. The van der Waals surface area contributed by atoms with Gasteiger partial charge in [-0.3, -0.25) is 9.36 Å². The number of benzene rings is 2. The van der Waals surface area contributed by atoms with Gasteiger partial charge in [0.25, 0.3) is 5.56 Å².